The Labute approximate surface area is 128 Å². The fourth-order valence-corrected chi connectivity index (χ4v) is 2.08. The number of nitrogens with zero attached hydrogens (tertiary/aromatic N) is 1. The molecule has 0 radical (unpaired) electrons. The van der Waals surface area contributed by atoms with Crippen molar-refractivity contribution in [3.63, 3.8) is 0 Å². The van der Waals surface area contributed by atoms with Gasteiger partial charge in [0.2, 0.25) is 0 Å². The van der Waals surface area contributed by atoms with Crippen LogP contribution in [0.4, 0.5) is 17.1 Å². The minimum Gasteiger partial charge on any atom is -0.448 e. The van der Waals surface area contributed by atoms with E-state index in [1.54, 1.807) is 6.92 Å². The SMILES string of the molecule is Cc1ocnc1C(=O)Nc1ccccc1Nc1ccccc1. The second-order valence-corrected chi connectivity index (χ2v) is 4.75. The van der Waals surface area contributed by atoms with Crippen LogP contribution in [-0.4, -0.2) is 10.9 Å². The quantitative estimate of drug-likeness (QED) is 0.763. The molecule has 1 heterocycles. The summed E-state index contributed by atoms with van der Waals surface area (Å²) in [6.07, 6.45) is 1.26. The van der Waals surface area contributed by atoms with Gasteiger partial charge in [-0.25, -0.2) is 4.98 Å². The fraction of sp³-hybridized carbons (Fsp3) is 0.0588. The van der Waals surface area contributed by atoms with Gasteiger partial charge in [0, 0.05) is 5.69 Å². The normalized spacial score (nSPS) is 10.2. The molecule has 1 amide bonds. The average Bonchev–Trinajstić information content (AvgIpc) is 2.96. The van der Waals surface area contributed by atoms with E-state index in [0.717, 1.165) is 11.4 Å². The smallest absolute Gasteiger partial charge is 0.277 e. The second kappa shape index (κ2) is 6.13. The topological polar surface area (TPSA) is 67.2 Å². The van der Waals surface area contributed by atoms with Crippen LogP contribution in [0.1, 0.15) is 16.2 Å². The van der Waals surface area contributed by atoms with Crippen molar-refractivity contribution in [2.45, 2.75) is 6.92 Å². The van der Waals surface area contributed by atoms with Crippen LogP contribution in [0.25, 0.3) is 0 Å². The molecule has 0 unspecified atom stereocenters. The van der Waals surface area contributed by atoms with E-state index in [2.05, 4.69) is 15.6 Å². The molecule has 5 heteroatoms. The Hall–Kier alpha value is -3.08. The van der Waals surface area contributed by atoms with Gasteiger partial charge >= 0.3 is 0 Å². The van der Waals surface area contributed by atoms with E-state index < -0.39 is 0 Å². The van der Waals surface area contributed by atoms with Crippen LogP contribution >= 0.6 is 0 Å². The van der Waals surface area contributed by atoms with E-state index in [4.69, 9.17) is 4.42 Å². The Morgan fingerprint density at radius 3 is 2.36 bits per heavy atom. The number of rotatable bonds is 4. The third-order valence-electron chi connectivity index (χ3n) is 3.19. The minimum absolute atomic E-state index is 0.287. The molecule has 1 aromatic heterocycles. The van der Waals surface area contributed by atoms with Gasteiger partial charge in [-0.2, -0.15) is 0 Å². The van der Waals surface area contributed by atoms with Crippen LogP contribution in [0, 0.1) is 6.92 Å². The van der Waals surface area contributed by atoms with E-state index >= 15 is 0 Å². The van der Waals surface area contributed by atoms with Gasteiger partial charge in [-0.05, 0) is 31.2 Å². The Balaban J connectivity index is 1.83. The van der Waals surface area contributed by atoms with Crippen molar-refractivity contribution in [2.75, 3.05) is 10.6 Å². The lowest BCUT2D eigenvalue weighted by Gasteiger charge is -2.12. The molecular weight excluding hydrogens is 278 g/mol. The van der Waals surface area contributed by atoms with Gasteiger partial charge in [0.25, 0.3) is 5.91 Å². The van der Waals surface area contributed by atoms with Gasteiger partial charge in [0.1, 0.15) is 5.76 Å². The Kier molecular flexibility index (Phi) is 3.87. The Bertz CT molecular complexity index is 781. The summed E-state index contributed by atoms with van der Waals surface area (Å²) in [5.41, 5.74) is 2.72. The van der Waals surface area contributed by atoms with E-state index in [1.807, 2.05) is 54.6 Å². The van der Waals surface area contributed by atoms with Crippen LogP contribution in [-0.2, 0) is 0 Å². The molecule has 5 nitrogen and oxygen atoms in total. The zero-order valence-electron chi connectivity index (χ0n) is 12.0. The molecule has 0 spiro atoms. The number of aryl methyl sites for hydroxylation is 1. The number of carbonyl (C=O) groups is 1. The minimum atomic E-state index is -0.298. The number of hydrogen-bond donors (Lipinski definition) is 2. The maximum atomic E-state index is 12.2. The van der Waals surface area contributed by atoms with E-state index in [0.29, 0.717) is 11.4 Å². The van der Waals surface area contributed by atoms with Gasteiger partial charge in [-0.1, -0.05) is 30.3 Å². The van der Waals surface area contributed by atoms with E-state index in [-0.39, 0.29) is 11.6 Å². The Morgan fingerprint density at radius 2 is 1.68 bits per heavy atom. The van der Waals surface area contributed by atoms with Crippen molar-refractivity contribution in [3.05, 3.63) is 72.4 Å². The predicted octanol–water partition coefficient (Wildman–Crippen LogP) is 3.98. The molecule has 0 saturated heterocycles. The first-order valence-corrected chi connectivity index (χ1v) is 6.86. The zero-order valence-corrected chi connectivity index (χ0v) is 12.0. The first-order chi connectivity index (χ1) is 10.7. The summed E-state index contributed by atoms with van der Waals surface area (Å²) in [7, 11) is 0. The number of hydrogen-bond acceptors (Lipinski definition) is 4. The van der Waals surface area contributed by atoms with Crippen LogP contribution in [0.3, 0.4) is 0 Å². The maximum absolute atomic E-state index is 12.2. The predicted molar refractivity (Wildman–Crippen MR) is 85.4 cm³/mol. The maximum Gasteiger partial charge on any atom is 0.277 e. The van der Waals surface area contributed by atoms with Gasteiger partial charge in [-0.3, -0.25) is 4.79 Å². The summed E-state index contributed by atoms with van der Waals surface area (Å²) in [5, 5.41) is 6.13. The number of benzene rings is 2. The van der Waals surface area contributed by atoms with Crippen LogP contribution in [0.15, 0.2) is 65.4 Å². The van der Waals surface area contributed by atoms with E-state index in [1.165, 1.54) is 6.39 Å². The molecular formula is C17H15N3O2. The second-order valence-electron chi connectivity index (χ2n) is 4.75. The first-order valence-electron chi connectivity index (χ1n) is 6.86. The summed E-state index contributed by atoms with van der Waals surface area (Å²) in [5.74, 6) is 0.194. The standard InChI is InChI=1S/C17H15N3O2/c1-12-16(18-11-22-12)17(21)20-15-10-6-5-9-14(15)19-13-7-3-2-4-8-13/h2-11,19H,1H3,(H,20,21). The number of anilines is 3. The number of para-hydroxylation sites is 3. The zero-order chi connectivity index (χ0) is 15.4. The third kappa shape index (κ3) is 2.98. The van der Waals surface area contributed by atoms with Crippen molar-refractivity contribution >= 4 is 23.0 Å². The highest BCUT2D eigenvalue weighted by molar-refractivity contribution is 6.05. The number of oxazole rings is 1. The average molecular weight is 293 g/mol. The number of nitrogens with one attached hydrogen (secondary N) is 2. The van der Waals surface area contributed by atoms with Crippen LogP contribution in [0.5, 0.6) is 0 Å². The largest absolute Gasteiger partial charge is 0.448 e. The third-order valence-corrected chi connectivity index (χ3v) is 3.19. The number of carbonyl (C=O) groups excluding carboxylic acids is 1. The van der Waals surface area contributed by atoms with Gasteiger partial charge in [0.05, 0.1) is 11.4 Å². The molecule has 0 bridgehead atoms. The highest BCUT2D eigenvalue weighted by Gasteiger charge is 2.15. The van der Waals surface area contributed by atoms with Crippen molar-refractivity contribution in [1.82, 2.24) is 4.98 Å². The molecule has 22 heavy (non-hydrogen) atoms. The Morgan fingerprint density at radius 1 is 1.00 bits per heavy atom. The first kappa shape index (κ1) is 13.9. The summed E-state index contributed by atoms with van der Waals surface area (Å²) in [4.78, 5) is 16.2. The number of amides is 1. The van der Waals surface area contributed by atoms with Crippen molar-refractivity contribution in [1.29, 1.82) is 0 Å². The fourth-order valence-electron chi connectivity index (χ4n) is 2.08. The van der Waals surface area contributed by atoms with Crippen LogP contribution < -0.4 is 10.6 Å². The lowest BCUT2D eigenvalue weighted by Crippen LogP contribution is -2.14. The van der Waals surface area contributed by atoms with Crippen LogP contribution in [0.2, 0.25) is 0 Å². The van der Waals surface area contributed by atoms with Gasteiger partial charge in [-0.15, -0.1) is 0 Å². The van der Waals surface area contributed by atoms with Gasteiger partial charge < -0.3 is 15.1 Å². The summed E-state index contributed by atoms with van der Waals surface area (Å²) in [6.45, 7) is 1.70. The van der Waals surface area contributed by atoms with Crippen molar-refractivity contribution in [3.8, 4) is 0 Å². The molecule has 0 aliphatic carbocycles. The highest BCUT2D eigenvalue weighted by atomic mass is 16.3. The molecule has 0 aliphatic rings. The molecule has 0 aliphatic heterocycles. The van der Waals surface area contributed by atoms with E-state index in [9.17, 15) is 4.79 Å². The molecule has 3 aromatic rings. The van der Waals surface area contributed by atoms with Crippen molar-refractivity contribution < 1.29 is 9.21 Å². The summed E-state index contributed by atoms with van der Waals surface area (Å²) >= 11 is 0. The molecule has 110 valence electrons. The van der Waals surface area contributed by atoms with Gasteiger partial charge in [0.15, 0.2) is 12.1 Å². The number of aromatic nitrogens is 1. The lowest BCUT2D eigenvalue weighted by atomic mass is 10.2. The summed E-state index contributed by atoms with van der Waals surface area (Å²) in [6, 6.07) is 17.3. The lowest BCUT2D eigenvalue weighted by molar-refractivity contribution is 0.102. The molecule has 0 saturated carbocycles. The molecule has 3 rings (SSSR count). The summed E-state index contributed by atoms with van der Waals surface area (Å²) < 4.78 is 5.06. The molecule has 2 aromatic carbocycles. The van der Waals surface area contributed by atoms with Crippen molar-refractivity contribution in [2.24, 2.45) is 0 Å². The highest BCUT2D eigenvalue weighted by Crippen LogP contribution is 2.25. The molecule has 2 N–H and O–H groups in total. The monoisotopic (exact) mass is 293 g/mol. The molecule has 0 fully saturated rings. The molecule has 0 atom stereocenters.